The largest absolute Gasteiger partial charge is 0.506 e. The van der Waals surface area contributed by atoms with Crippen molar-refractivity contribution in [3.63, 3.8) is 0 Å². The smallest absolute Gasteiger partial charge is 0.279 e. The molecule has 1 aliphatic heterocycles. The van der Waals surface area contributed by atoms with Crippen LogP contribution >= 0.6 is 11.6 Å². The van der Waals surface area contributed by atoms with Gasteiger partial charge in [0, 0.05) is 17.1 Å². The summed E-state index contributed by atoms with van der Waals surface area (Å²) in [5.74, 6) is -0.114. The SMILES string of the molecule is O=C1C(=NNc2ccccc2O)c2ccccc2N1CCc1ccccc1Cl. The van der Waals surface area contributed by atoms with Crippen LogP contribution < -0.4 is 10.3 Å². The predicted octanol–water partition coefficient (Wildman–Crippen LogP) is 4.45. The summed E-state index contributed by atoms with van der Waals surface area (Å²) in [6, 6.07) is 21.9. The summed E-state index contributed by atoms with van der Waals surface area (Å²) < 4.78 is 0. The first-order chi connectivity index (χ1) is 13.6. The highest BCUT2D eigenvalue weighted by Crippen LogP contribution is 2.30. The van der Waals surface area contributed by atoms with Crippen molar-refractivity contribution in [3.8, 4) is 5.75 Å². The molecule has 0 radical (unpaired) electrons. The van der Waals surface area contributed by atoms with E-state index in [1.54, 1.807) is 29.2 Å². The number of phenols is 1. The second-order valence-corrected chi connectivity index (χ2v) is 6.81. The lowest BCUT2D eigenvalue weighted by atomic mass is 10.1. The Morgan fingerprint density at radius 3 is 2.50 bits per heavy atom. The van der Waals surface area contributed by atoms with E-state index in [9.17, 15) is 9.90 Å². The van der Waals surface area contributed by atoms with E-state index in [1.165, 1.54) is 0 Å². The van der Waals surface area contributed by atoms with Gasteiger partial charge in [-0.2, -0.15) is 5.10 Å². The average molecular weight is 392 g/mol. The topological polar surface area (TPSA) is 64.9 Å². The molecule has 4 rings (SSSR count). The number of nitrogens with one attached hydrogen (secondary N) is 1. The third kappa shape index (κ3) is 3.44. The van der Waals surface area contributed by atoms with Crippen molar-refractivity contribution in [2.45, 2.75) is 6.42 Å². The lowest BCUT2D eigenvalue weighted by Gasteiger charge is -2.17. The Labute approximate surface area is 167 Å². The van der Waals surface area contributed by atoms with Gasteiger partial charge in [-0.15, -0.1) is 0 Å². The van der Waals surface area contributed by atoms with Crippen LogP contribution in [-0.4, -0.2) is 23.3 Å². The molecule has 3 aromatic carbocycles. The van der Waals surface area contributed by atoms with E-state index in [1.807, 2.05) is 48.5 Å². The molecule has 3 aromatic rings. The first-order valence-corrected chi connectivity index (χ1v) is 9.29. The minimum atomic E-state index is -0.184. The fourth-order valence-corrected chi connectivity index (χ4v) is 3.44. The molecule has 2 N–H and O–H groups in total. The summed E-state index contributed by atoms with van der Waals surface area (Å²) in [6.07, 6.45) is 0.639. The number of hydrogen-bond acceptors (Lipinski definition) is 4. The standard InChI is InChI=1S/C22H18ClN3O2/c23-17-9-3-1-7-15(17)13-14-26-19-11-5-2-8-16(19)21(22(26)28)25-24-18-10-4-6-12-20(18)27/h1-12,24,27H,13-14H2. The second-order valence-electron chi connectivity index (χ2n) is 6.40. The molecule has 5 nitrogen and oxygen atoms in total. The molecule has 1 aliphatic rings. The van der Waals surface area contributed by atoms with Crippen LogP contribution in [0.1, 0.15) is 11.1 Å². The van der Waals surface area contributed by atoms with Gasteiger partial charge in [-0.05, 0) is 36.2 Å². The van der Waals surface area contributed by atoms with E-state index in [-0.39, 0.29) is 11.7 Å². The molecule has 0 saturated carbocycles. The maximum absolute atomic E-state index is 13.0. The Bertz CT molecular complexity index is 1060. The molecule has 0 unspecified atom stereocenters. The molecule has 28 heavy (non-hydrogen) atoms. The van der Waals surface area contributed by atoms with Crippen LogP contribution in [0.4, 0.5) is 11.4 Å². The molecule has 140 valence electrons. The molecular formula is C22H18ClN3O2. The zero-order valence-corrected chi connectivity index (χ0v) is 15.7. The summed E-state index contributed by atoms with van der Waals surface area (Å²) in [5.41, 5.74) is 6.12. The van der Waals surface area contributed by atoms with E-state index in [0.717, 1.165) is 16.8 Å². The third-order valence-corrected chi connectivity index (χ3v) is 5.02. The molecule has 0 spiro atoms. The number of halogens is 1. The zero-order chi connectivity index (χ0) is 19.5. The Morgan fingerprint density at radius 1 is 0.964 bits per heavy atom. The maximum Gasteiger partial charge on any atom is 0.279 e. The number of rotatable bonds is 5. The fraction of sp³-hybridized carbons (Fsp3) is 0.0909. The third-order valence-electron chi connectivity index (χ3n) is 4.65. The Balaban J connectivity index is 1.60. The number of anilines is 2. The van der Waals surface area contributed by atoms with E-state index in [4.69, 9.17) is 11.6 Å². The molecule has 0 fully saturated rings. The summed E-state index contributed by atoms with van der Waals surface area (Å²) in [6.45, 7) is 0.495. The maximum atomic E-state index is 13.0. The van der Waals surface area contributed by atoms with Crippen LogP contribution in [0.25, 0.3) is 0 Å². The molecular weight excluding hydrogens is 374 g/mol. The highest BCUT2D eigenvalue weighted by atomic mass is 35.5. The number of hydrazone groups is 1. The van der Waals surface area contributed by atoms with Gasteiger partial charge in [0.05, 0.1) is 11.4 Å². The van der Waals surface area contributed by atoms with Gasteiger partial charge in [-0.1, -0.05) is 60.1 Å². The molecule has 1 amide bonds. The van der Waals surface area contributed by atoms with E-state index in [0.29, 0.717) is 29.4 Å². The Morgan fingerprint density at radius 2 is 1.68 bits per heavy atom. The minimum absolute atomic E-state index is 0.0705. The van der Waals surface area contributed by atoms with Crippen LogP contribution in [0.5, 0.6) is 5.75 Å². The van der Waals surface area contributed by atoms with Gasteiger partial charge in [0.15, 0.2) is 5.71 Å². The predicted molar refractivity (Wildman–Crippen MR) is 112 cm³/mol. The number of hydrogen-bond donors (Lipinski definition) is 2. The van der Waals surface area contributed by atoms with Crippen LogP contribution in [0.3, 0.4) is 0 Å². The first kappa shape index (κ1) is 18.1. The molecule has 6 heteroatoms. The second kappa shape index (κ2) is 7.74. The number of benzene rings is 3. The number of para-hydroxylation sites is 3. The van der Waals surface area contributed by atoms with Crippen molar-refractivity contribution >= 4 is 34.6 Å². The normalized spacial score (nSPS) is 14.4. The number of carbonyl (C=O) groups is 1. The molecule has 1 heterocycles. The van der Waals surface area contributed by atoms with Crippen molar-refractivity contribution in [1.29, 1.82) is 0 Å². The molecule has 0 atom stereocenters. The average Bonchev–Trinajstić information content (AvgIpc) is 2.98. The summed E-state index contributed by atoms with van der Waals surface area (Å²) in [4.78, 5) is 14.7. The van der Waals surface area contributed by atoms with Crippen LogP contribution in [-0.2, 0) is 11.2 Å². The van der Waals surface area contributed by atoms with Gasteiger partial charge < -0.3 is 10.0 Å². The number of amides is 1. The number of fused-ring (bicyclic) bond motifs is 1. The fourth-order valence-electron chi connectivity index (χ4n) is 3.21. The molecule has 0 aliphatic carbocycles. The molecule has 0 saturated heterocycles. The number of carbonyl (C=O) groups excluding carboxylic acids is 1. The van der Waals surface area contributed by atoms with Gasteiger partial charge in [-0.25, -0.2) is 0 Å². The quantitative estimate of drug-likeness (QED) is 0.498. The molecule has 0 aromatic heterocycles. The van der Waals surface area contributed by atoms with E-state index in [2.05, 4.69) is 10.5 Å². The van der Waals surface area contributed by atoms with Gasteiger partial charge in [-0.3, -0.25) is 10.2 Å². The number of nitrogens with zero attached hydrogens (tertiary/aromatic N) is 2. The summed E-state index contributed by atoms with van der Waals surface area (Å²) >= 11 is 6.25. The van der Waals surface area contributed by atoms with E-state index >= 15 is 0 Å². The number of phenolic OH excluding ortho intramolecular Hbond substituents is 1. The lowest BCUT2D eigenvalue weighted by Crippen LogP contribution is -2.32. The van der Waals surface area contributed by atoms with Gasteiger partial charge in [0.25, 0.3) is 5.91 Å². The minimum Gasteiger partial charge on any atom is -0.506 e. The van der Waals surface area contributed by atoms with Crippen molar-refractivity contribution < 1.29 is 9.90 Å². The Kier molecular flexibility index (Phi) is 5.00. The van der Waals surface area contributed by atoms with Crippen molar-refractivity contribution in [2.75, 3.05) is 16.9 Å². The molecule has 0 bridgehead atoms. The van der Waals surface area contributed by atoms with Crippen molar-refractivity contribution in [1.82, 2.24) is 0 Å². The number of aromatic hydroxyl groups is 1. The zero-order valence-electron chi connectivity index (χ0n) is 15.0. The van der Waals surface area contributed by atoms with E-state index < -0.39 is 0 Å². The highest BCUT2D eigenvalue weighted by molar-refractivity contribution is 6.54. The monoisotopic (exact) mass is 391 g/mol. The lowest BCUT2D eigenvalue weighted by molar-refractivity contribution is -0.112. The van der Waals surface area contributed by atoms with Crippen molar-refractivity contribution in [3.05, 3.63) is 88.9 Å². The highest BCUT2D eigenvalue weighted by Gasteiger charge is 2.33. The van der Waals surface area contributed by atoms with Crippen LogP contribution in [0.2, 0.25) is 5.02 Å². The van der Waals surface area contributed by atoms with Gasteiger partial charge in [0.1, 0.15) is 5.75 Å². The van der Waals surface area contributed by atoms with Crippen LogP contribution in [0, 0.1) is 0 Å². The summed E-state index contributed by atoms with van der Waals surface area (Å²) in [7, 11) is 0. The Hall–Kier alpha value is -3.31. The first-order valence-electron chi connectivity index (χ1n) is 8.91. The van der Waals surface area contributed by atoms with Crippen molar-refractivity contribution in [2.24, 2.45) is 5.10 Å². The van der Waals surface area contributed by atoms with Gasteiger partial charge >= 0.3 is 0 Å². The summed E-state index contributed by atoms with van der Waals surface area (Å²) in [5, 5.41) is 14.9. The van der Waals surface area contributed by atoms with Crippen LogP contribution in [0.15, 0.2) is 77.9 Å². The van der Waals surface area contributed by atoms with Gasteiger partial charge in [0.2, 0.25) is 0 Å².